The lowest BCUT2D eigenvalue weighted by Gasteiger charge is -2.32. The van der Waals surface area contributed by atoms with Crippen molar-refractivity contribution in [2.24, 2.45) is 5.92 Å². The highest BCUT2D eigenvalue weighted by molar-refractivity contribution is 5.02. The van der Waals surface area contributed by atoms with Crippen LogP contribution in [-0.2, 0) is 0 Å². The van der Waals surface area contributed by atoms with E-state index in [2.05, 4.69) is 44.5 Å². The van der Waals surface area contributed by atoms with Gasteiger partial charge < -0.3 is 5.32 Å². The molecule has 0 aliphatic heterocycles. The summed E-state index contributed by atoms with van der Waals surface area (Å²) in [5.74, 6) is 0.731. The average molecular weight is 252 g/mol. The fraction of sp³-hybridized carbons (Fsp3) is 0.875. The third kappa shape index (κ3) is 6.01. The van der Waals surface area contributed by atoms with Gasteiger partial charge in [-0.15, -0.1) is 0 Å². The lowest BCUT2D eigenvalue weighted by molar-refractivity contribution is 0.179. The molecule has 0 saturated heterocycles. The van der Waals surface area contributed by atoms with Gasteiger partial charge in [0.25, 0.3) is 0 Å². The van der Waals surface area contributed by atoms with E-state index in [-0.39, 0.29) is 0 Å². The zero-order valence-electron chi connectivity index (χ0n) is 12.8. The SMILES string of the molecule is C=C(CNC1CC1)CN(CC(C)C)C(CC)CC. The van der Waals surface area contributed by atoms with E-state index in [1.54, 1.807) is 0 Å². The van der Waals surface area contributed by atoms with Crippen LogP contribution in [0.5, 0.6) is 0 Å². The van der Waals surface area contributed by atoms with E-state index in [1.807, 2.05) is 0 Å². The molecule has 1 rings (SSSR count). The van der Waals surface area contributed by atoms with Crippen molar-refractivity contribution in [1.82, 2.24) is 10.2 Å². The van der Waals surface area contributed by atoms with Crippen molar-refractivity contribution in [3.8, 4) is 0 Å². The maximum atomic E-state index is 4.25. The molecule has 1 fully saturated rings. The average Bonchev–Trinajstić information content (AvgIpc) is 3.11. The fourth-order valence-electron chi connectivity index (χ4n) is 2.54. The second-order valence-electron chi connectivity index (χ2n) is 6.20. The Labute approximate surface area is 114 Å². The first-order valence-electron chi connectivity index (χ1n) is 7.70. The first kappa shape index (κ1) is 15.7. The maximum Gasteiger partial charge on any atom is 0.0205 e. The Hall–Kier alpha value is -0.340. The summed E-state index contributed by atoms with van der Waals surface area (Å²) in [6.45, 7) is 16.7. The molecular formula is C16H32N2. The smallest absolute Gasteiger partial charge is 0.0205 e. The van der Waals surface area contributed by atoms with Gasteiger partial charge in [0, 0.05) is 31.7 Å². The predicted molar refractivity (Wildman–Crippen MR) is 80.9 cm³/mol. The van der Waals surface area contributed by atoms with E-state index >= 15 is 0 Å². The molecule has 0 unspecified atom stereocenters. The molecule has 0 aromatic rings. The third-order valence-corrected chi connectivity index (χ3v) is 3.70. The highest BCUT2D eigenvalue weighted by atomic mass is 15.2. The van der Waals surface area contributed by atoms with Crippen molar-refractivity contribution < 1.29 is 0 Å². The van der Waals surface area contributed by atoms with Crippen LogP contribution in [0.25, 0.3) is 0 Å². The van der Waals surface area contributed by atoms with E-state index in [9.17, 15) is 0 Å². The lowest BCUT2D eigenvalue weighted by atomic mass is 10.1. The molecule has 1 aliphatic carbocycles. The van der Waals surface area contributed by atoms with E-state index in [0.29, 0.717) is 6.04 Å². The Morgan fingerprint density at radius 2 is 1.89 bits per heavy atom. The largest absolute Gasteiger partial charge is 0.310 e. The van der Waals surface area contributed by atoms with Crippen LogP contribution >= 0.6 is 0 Å². The Balaban J connectivity index is 2.39. The molecule has 0 radical (unpaired) electrons. The lowest BCUT2D eigenvalue weighted by Crippen LogP contribution is -2.39. The van der Waals surface area contributed by atoms with Crippen molar-refractivity contribution in [2.75, 3.05) is 19.6 Å². The van der Waals surface area contributed by atoms with Crippen LogP contribution in [0.2, 0.25) is 0 Å². The molecule has 0 amide bonds. The summed E-state index contributed by atoms with van der Waals surface area (Å²) < 4.78 is 0. The standard InChI is InChI=1S/C16H32N2/c1-6-16(7-2)18(11-13(3)4)12-14(5)10-17-15-8-9-15/h13,15-17H,5-12H2,1-4H3. The highest BCUT2D eigenvalue weighted by Crippen LogP contribution is 2.19. The maximum absolute atomic E-state index is 4.25. The number of nitrogens with one attached hydrogen (secondary N) is 1. The van der Waals surface area contributed by atoms with Crippen LogP contribution in [0.3, 0.4) is 0 Å². The molecule has 0 atom stereocenters. The van der Waals surface area contributed by atoms with Crippen molar-refractivity contribution in [3.63, 3.8) is 0 Å². The quantitative estimate of drug-likeness (QED) is 0.599. The topological polar surface area (TPSA) is 15.3 Å². The zero-order valence-corrected chi connectivity index (χ0v) is 12.8. The summed E-state index contributed by atoms with van der Waals surface area (Å²) in [6.07, 6.45) is 5.20. The second kappa shape index (κ2) is 7.96. The van der Waals surface area contributed by atoms with Gasteiger partial charge in [-0.2, -0.15) is 0 Å². The molecule has 2 nitrogen and oxygen atoms in total. The molecule has 1 saturated carbocycles. The number of nitrogens with zero attached hydrogens (tertiary/aromatic N) is 1. The van der Waals surface area contributed by atoms with Crippen LogP contribution in [0.1, 0.15) is 53.4 Å². The molecule has 0 aromatic carbocycles. The fourth-order valence-corrected chi connectivity index (χ4v) is 2.54. The zero-order chi connectivity index (χ0) is 13.5. The molecule has 106 valence electrons. The Morgan fingerprint density at radius 3 is 2.33 bits per heavy atom. The van der Waals surface area contributed by atoms with Gasteiger partial charge in [-0.1, -0.05) is 34.3 Å². The second-order valence-corrected chi connectivity index (χ2v) is 6.20. The van der Waals surface area contributed by atoms with Gasteiger partial charge in [0.05, 0.1) is 0 Å². The summed E-state index contributed by atoms with van der Waals surface area (Å²) in [6, 6.07) is 1.50. The summed E-state index contributed by atoms with van der Waals surface area (Å²) in [4.78, 5) is 2.63. The minimum Gasteiger partial charge on any atom is -0.310 e. The van der Waals surface area contributed by atoms with E-state index in [1.165, 1.54) is 37.8 Å². The van der Waals surface area contributed by atoms with Gasteiger partial charge in [-0.25, -0.2) is 0 Å². The molecule has 18 heavy (non-hydrogen) atoms. The minimum atomic E-state index is 0.713. The highest BCUT2D eigenvalue weighted by Gasteiger charge is 2.21. The van der Waals surface area contributed by atoms with E-state index < -0.39 is 0 Å². The van der Waals surface area contributed by atoms with Crippen molar-refractivity contribution >= 4 is 0 Å². The Morgan fingerprint density at radius 1 is 1.28 bits per heavy atom. The molecule has 0 heterocycles. The molecule has 0 bridgehead atoms. The van der Waals surface area contributed by atoms with Crippen molar-refractivity contribution in [2.45, 2.75) is 65.5 Å². The summed E-state index contributed by atoms with van der Waals surface area (Å²) >= 11 is 0. The van der Waals surface area contributed by atoms with E-state index in [0.717, 1.165) is 25.0 Å². The first-order chi connectivity index (χ1) is 8.56. The van der Waals surface area contributed by atoms with Gasteiger partial charge in [0.15, 0.2) is 0 Å². The Kier molecular flexibility index (Phi) is 6.95. The molecular weight excluding hydrogens is 220 g/mol. The predicted octanol–water partition coefficient (Wildman–Crippen LogP) is 3.44. The van der Waals surface area contributed by atoms with Crippen molar-refractivity contribution in [1.29, 1.82) is 0 Å². The number of rotatable bonds is 10. The number of hydrogen-bond donors (Lipinski definition) is 1. The van der Waals surface area contributed by atoms with Gasteiger partial charge in [-0.3, -0.25) is 4.90 Å². The van der Waals surface area contributed by atoms with Gasteiger partial charge in [0.1, 0.15) is 0 Å². The van der Waals surface area contributed by atoms with Gasteiger partial charge in [-0.05, 0) is 37.2 Å². The molecule has 0 aromatic heterocycles. The van der Waals surface area contributed by atoms with Crippen LogP contribution < -0.4 is 5.32 Å². The van der Waals surface area contributed by atoms with Crippen LogP contribution in [0, 0.1) is 5.92 Å². The van der Waals surface area contributed by atoms with Crippen LogP contribution in [0.15, 0.2) is 12.2 Å². The van der Waals surface area contributed by atoms with Crippen LogP contribution in [-0.4, -0.2) is 36.6 Å². The Bertz CT molecular complexity index is 239. The normalized spacial score (nSPS) is 15.9. The van der Waals surface area contributed by atoms with E-state index in [4.69, 9.17) is 0 Å². The van der Waals surface area contributed by atoms with Gasteiger partial charge in [0.2, 0.25) is 0 Å². The third-order valence-electron chi connectivity index (χ3n) is 3.70. The van der Waals surface area contributed by atoms with Crippen LogP contribution in [0.4, 0.5) is 0 Å². The minimum absolute atomic E-state index is 0.713. The molecule has 1 aliphatic rings. The molecule has 2 heteroatoms. The summed E-state index contributed by atoms with van der Waals surface area (Å²) in [5, 5.41) is 3.56. The number of hydrogen-bond acceptors (Lipinski definition) is 2. The van der Waals surface area contributed by atoms with Crippen molar-refractivity contribution in [3.05, 3.63) is 12.2 Å². The monoisotopic (exact) mass is 252 g/mol. The molecule has 1 N–H and O–H groups in total. The summed E-state index contributed by atoms with van der Waals surface area (Å²) in [7, 11) is 0. The van der Waals surface area contributed by atoms with Gasteiger partial charge >= 0.3 is 0 Å². The first-order valence-corrected chi connectivity index (χ1v) is 7.70. The molecule has 0 spiro atoms. The summed E-state index contributed by atoms with van der Waals surface area (Å²) in [5.41, 5.74) is 1.34.